The fraction of sp³-hybridized carbons (Fsp3) is 0.462. The lowest BCUT2D eigenvalue weighted by molar-refractivity contribution is -0.114. The van der Waals surface area contributed by atoms with Crippen molar-refractivity contribution in [1.29, 1.82) is 0 Å². The van der Waals surface area contributed by atoms with Crippen molar-refractivity contribution in [3.8, 4) is 0 Å². The molecule has 1 rings (SSSR count). The van der Waals surface area contributed by atoms with Gasteiger partial charge in [-0.2, -0.15) is 0 Å². The van der Waals surface area contributed by atoms with E-state index in [0.29, 0.717) is 17.6 Å². The molecule has 0 aromatic rings. The normalized spacial score (nSPS) is 33.5. The number of amides is 1. The minimum absolute atomic E-state index is 0.473. The summed E-state index contributed by atoms with van der Waals surface area (Å²) in [5.41, 5.74) is 3.68. The molecule has 0 saturated carbocycles. The lowest BCUT2D eigenvalue weighted by Crippen LogP contribution is -2.48. The van der Waals surface area contributed by atoms with Crippen LogP contribution in [-0.2, 0) is 4.79 Å². The highest BCUT2D eigenvalue weighted by Gasteiger charge is 2.39. The fourth-order valence-electron chi connectivity index (χ4n) is 1.58. The molecule has 2 atom stereocenters. The summed E-state index contributed by atoms with van der Waals surface area (Å²) < 4.78 is 0. The molecule has 0 saturated heterocycles. The second-order valence-electron chi connectivity index (χ2n) is 4.66. The Labute approximate surface area is 101 Å². The maximum atomic E-state index is 11.1. The van der Waals surface area contributed by atoms with Gasteiger partial charge in [-0.1, -0.05) is 13.0 Å². The smallest absolute Gasteiger partial charge is 0.244 e. The number of hydrogen-bond donors (Lipinski definition) is 3. The molecule has 1 aliphatic carbocycles. The maximum absolute atomic E-state index is 11.1. The quantitative estimate of drug-likeness (QED) is 0.635. The van der Waals surface area contributed by atoms with Crippen LogP contribution in [0.25, 0.3) is 0 Å². The van der Waals surface area contributed by atoms with Crippen molar-refractivity contribution in [2.45, 2.75) is 38.4 Å². The van der Waals surface area contributed by atoms with Gasteiger partial charge in [0.15, 0.2) is 0 Å². The van der Waals surface area contributed by atoms with Crippen molar-refractivity contribution in [2.75, 3.05) is 0 Å². The molecular weight excluding hydrogens is 218 g/mol. The second kappa shape index (κ2) is 4.47. The molecule has 0 fully saturated rings. The Morgan fingerprint density at radius 2 is 2.00 bits per heavy atom. The second-order valence-corrected chi connectivity index (χ2v) is 4.66. The molecule has 0 aromatic heterocycles. The Balaban J connectivity index is 3.08. The van der Waals surface area contributed by atoms with Gasteiger partial charge in [0.2, 0.25) is 5.91 Å². The molecule has 1 amide bonds. The minimum atomic E-state index is -1.37. The number of aliphatic hydroxyl groups is 2. The molecule has 4 heteroatoms. The van der Waals surface area contributed by atoms with E-state index in [0.717, 1.165) is 0 Å². The van der Waals surface area contributed by atoms with Gasteiger partial charge in [0, 0.05) is 5.57 Å². The molecular formula is C13H19NO3. The van der Waals surface area contributed by atoms with E-state index in [4.69, 9.17) is 5.73 Å². The number of allylic oxidation sites excluding steroid dienone is 3. The summed E-state index contributed by atoms with van der Waals surface area (Å²) in [5.74, 6) is -0.473. The van der Waals surface area contributed by atoms with E-state index in [2.05, 4.69) is 0 Å². The number of carbonyl (C=O) groups is 1. The first-order valence-electron chi connectivity index (χ1n) is 5.57. The van der Waals surface area contributed by atoms with E-state index in [1.165, 1.54) is 26.0 Å². The van der Waals surface area contributed by atoms with Gasteiger partial charge >= 0.3 is 0 Å². The molecule has 0 spiro atoms. The zero-order valence-electron chi connectivity index (χ0n) is 10.4. The van der Waals surface area contributed by atoms with Gasteiger partial charge in [0.25, 0.3) is 0 Å². The number of rotatable bonds is 3. The molecule has 94 valence electrons. The van der Waals surface area contributed by atoms with E-state index in [1.54, 1.807) is 12.2 Å². The van der Waals surface area contributed by atoms with Gasteiger partial charge in [0.05, 0.1) is 0 Å². The van der Waals surface area contributed by atoms with Crippen molar-refractivity contribution in [3.05, 3.63) is 35.5 Å². The van der Waals surface area contributed by atoms with Crippen LogP contribution in [0.1, 0.15) is 27.2 Å². The number of carbonyl (C=O) groups excluding carboxylic acids is 1. The molecule has 0 heterocycles. The summed E-state index contributed by atoms with van der Waals surface area (Å²) in [4.78, 5) is 11.1. The van der Waals surface area contributed by atoms with Crippen molar-refractivity contribution in [1.82, 2.24) is 0 Å². The average Bonchev–Trinajstić information content (AvgIpc) is 2.19. The Kier molecular flexibility index (Phi) is 3.59. The van der Waals surface area contributed by atoms with Crippen LogP contribution >= 0.6 is 0 Å². The third-order valence-corrected chi connectivity index (χ3v) is 3.11. The molecule has 0 aliphatic heterocycles. The van der Waals surface area contributed by atoms with Crippen LogP contribution < -0.4 is 5.73 Å². The number of primary amides is 1. The molecule has 2 unspecified atom stereocenters. The van der Waals surface area contributed by atoms with Gasteiger partial charge in [-0.25, -0.2) is 0 Å². The average molecular weight is 237 g/mol. The first-order chi connectivity index (χ1) is 7.69. The van der Waals surface area contributed by atoms with E-state index >= 15 is 0 Å². The third-order valence-electron chi connectivity index (χ3n) is 3.11. The SMILES string of the molecule is CC/C(=C\C1=CC(C)(O)C(C)(O)C=C1)C(N)=O. The molecule has 4 nitrogen and oxygen atoms in total. The largest absolute Gasteiger partial charge is 0.383 e. The topological polar surface area (TPSA) is 83.6 Å². The Morgan fingerprint density at radius 1 is 1.41 bits per heavy atom. The van der Waals surface area contributed by atoms with Crippen molar-refractivity contribution >= 4 is 5.91 Å². The van der Waals surface area contributed by atoms with Gasteiger partial charge in [-0.3, -0.25) is 4.79 Å². The predicted octanol–water partition coefficient (Wildman–Crippen LogP) is 0.806. The molecule has 0 radical (unpaired) electrons. The molecule has 1 aliphatic rings. The Bertz CT molecular complexity index is 414. The zero-order chi connectivity index (χ0) is 13.3. The summed E-state index contributed by atoms with van der Waals surface area (Å²) in [6.07, 6.45) is 6.84. The highest BCUT2D eigenvalue weighted by molar-refractivity contribution is 5.92. The van der Waals surface area contributed by atoms with Crippen LogP contribution in [0.2, 0.25) is 0 Å². The van der Waals surface area contributed by atoms with Crippen molar-refractivity contribution in [2.24, 2.45) is 5.73 Å². The third kappa shape index (κ3) is 2.84. The van der Waals surface area contributed by atoms with Gasteiger partial charge in [-0.15, -0.1) is 0 Å². The van der Waals surface area contributed by atoms with E-state index in [-0.39, 0.29) is 0 Å². The van der Waals surface area contributed by atoms with Crippen LogP contribution in [-0.4, -0.2) is 27.3 Å². The number of hydrogen-bond acceptors (Lipinski definition) is 3. The summed E-state index contributed by atoms with van der Waals surface area (Å²) in [7, 11) is 0. The molecule has 4 N–H and O–H groups in total. The van der Waals surface area contributed by atoms with E-state index < -0.39 is 17.1 Å². The fourth-order valence-corrected chi connectivity index (χ4v) is 1.58. The van der Waals surface area contributed by atoms with Crippen LogP contribution in [0.15, 0.2) is 35.5 Å². The van der Waals surface area contributed by atoms with Gasteiger partial charge in [-0.05, 0) is 44.1 Å². The highest BCUT2D eigenvalue weighted by Crippen LogP contribution is 2.31. The van der Waals surface area contributed by atoms with Gasteiger partial charge in [0.1, 0.15) is 11.2 Å². The predicted molar refractivity (Wildman–Crippen MR) is 66.0 cm³/mol. The Morgan fingerprint density at radius 3 is 2.41 bits per heavy atom. The van der Waals surface area contributed by atoms with E-state index in [9.17, 15) is 15.0 Å². The lowest BCUT2D eigenvalue weighted by Gasteiger charge is -2.36. The van der Waals surface area contributed by atoms with Gasteiger partial charge < -0.3 is 15.9 Å². The van der Waals surface area contributed by atoms with Crippen molar-refractivity contribution in [3.63, 3.8) is 0 Å². The maximum Gasteiger partial charge on any atom is 0.244 e. The van der Waals surface area contributed by atoms with Crippen LogP contribution in [0.4, 0.5) is 0 Å². The monoisotopic (exact) mass is 237 g/mol. The van der Waals surface area contributed by atoms with Crippen LogP contribution in [0.3, 0.4) is 0 Å². The van der Waals surface area contributed by atoms with Crippen LogP contribution in [0.5, 0.6) is 0 Å². The summed E-state index contributed by atoms with van der Waals surface area (Å²) in [5, 5.41) is 20.0. The van der Waals surface area contributed by atoms with Crippen molar-refractivity contribution < 1.29 is 15.0 Å². The number of nitrogens with two attached hydrogens (primary N) is 1. The van der Waals surface area contributed by atoms with E-state index in [1.807, 2.05) is 6.92 Å². The summed E-state index contributed by atoms with van der Waals surface area (Å²) in [6, 6.07) is 0. The summed E-state index contributed by atoms with van der Waals surface area (Å²) >= 11 is 0. The molecule has 0 bridgehead atoms. The standard InChI is InChI=1S/C13H19NO3/c1-4-10(11(14)15)7-9-5-6-12(2,16)13(3,17)8-9/h5-8,16-17H,4H2,1-3H3,(H2,14,15)/b10-7+. The molecule has 0 aromatic carbocycles. The summed E-state index contributed by atoms with van der Waals surface area (Å²) in [6.45, 7) is 4.87. The van der Waals surface area contributed by atoms with Crippen LogP contribution in [0, 0.1) is 0 Å². The first-order valence-corrected chi connectivity index (χ1v) is 5.57. The lowest BCUT2D eigenvalue weighted by atomic mass is 9.80. The first kappa shape index (κ1) is 13.7. The molecule has 17 heavy (non-hydrogen) atoms. The Hall–Kier alpha value is -1.39. The minimum Gasteiger partial charge on any atom is -0.383 e. The zero-order valence-corrected chi connectivity index (χ0v) is 10.4. The highest BCUT2D eigenvalue weighted by atomic mass is 16.4.